The van der Waals surface area contributed by atoms with Crippen molar-refractivity contribution in [1.29, 1.82) is 0 Å². The zero-order chi connectivity index (χ0) is 60.3. The minimum absolute atomic E-state index is 0.0213. The van der Waals surface area contributed by atoms with Gasteiger partial charge in [-0.1, -0.05) is 45.9 Å². The van der Waals surface area contributed by atoms with Crippen LogP contribution in [0.15, 0.2) is 58.3 Å². The zero-order valence-electron chi connectivity index (χ0n) is 48.4. The second-order valence-electron chi connectivity index (χ2n) is 23.2. The van der Waals surface area contributed by atoms with Crippen molar-refractivity contribution < 1.29 is 73.2 Å². The molecule has 0 radical (unpaired) electrons. The van der Waals surface area contributed by atoms with E-state index in [0.717, 1.165) is 18.9 Å². The van der Waals surface area contributed by atoms with Crippen molar-refractivity contribution in [2.24, 2.45) is 28.8 Å². The molecular formula is C61H75FN6O15. The maximum atomic E-state index is 16.3. The maximum Gasteiger partial charge on any atom is 0.341 e. The number of allylic oxidation sites excluding steroid dienone is 2. The van der Waals surface area contributed by atoms with Crippen LogP contribution in [0, 0.1) is 36.4 Å². The molecule has 6 aliphatic rings. The number of phenolic OH excluding ortho intramolecular Hbond substituents is 3. The number of hydrogen-bond acceptors (Lipinski definition) is 18. The molecule has 2 aliphatic carbocycles. The minimum Gasteiger partial charge on any atom is -0.507 e. The number of carboxylic acids is 1. The number of hydrazone groups is 1. The number of fused-ring (bicyclic) bond motifs is 15. The lowest BCUT2D eigenvalue weighted by molar-refractivity contribution is -0.160. The van der Waals surface area contributed by atoms with Crippen LogP contribution in [0.5, 0.6) is 23.0 Å². The number of esters is 1. The molecule has 21 nitrogen and oxygen atoms in total. The maximum absolute atomic E-state index is 16.3. The number of ketones is 1. The molecule has 83 heavy (non-hydrogen) atoms. The van der Waals surface area contributed by atoms with Gasteiger partial charge in [0.25, 0.3) is 5.91 Å². The molecule has 0 spiro atoms. The Morgan fingerprint density at radius 1 is 0.892 bits per heavy atom. The molecule has 1 amide bonds. The van der Waals surface area contributed by atoms with Crippen molar-refractivity contribution >= 4 is 62.9 Å². The SMILES string of the molecule is COc1c(N2CCC(N3CCN(N=Cc4c5c(O)c6c(O)c(C)c7c(c6c4O)C(=O)[C@](C)(C7)OC=C[C@H](OC)[C@@H](C)[C@@H](OC(C)=O)[C@H](C)[C@H](O)[C@H](C)[C@@H](O)[C@@H](C)C=CC=C(C)C(=O)N5)CC3)C2)c(F)cc2c(=O)c(C(=O)O)cn(C3CC3)c12. The molecule has 2 saturated heterocycles. The molecule has 4 aliphatic heterocycles. The third-order valence-corrected chi connectivity index (χ3v) is 17.8. The first kappa shape index (κ1) is 60.1. The first-order chi connectivity index (χ1) is 39.3. The highest BCUT2D eigenvalue weighted by Gasteiger charge is 2.48. The number of anilines is 2. The van der Waals surface area contributed by atoms with Crippen LogP contribution < -0.4 is 20.4 Å². The molecule has 4 aromatic rings. The smallest absolute Gasteiger partial charge is 0.341 e. The second kappa shape index (κ2) is 23.6. The lowest BCUT2D eigenvalue weighted by Gasteiger charge is -2.38. The van der Waals surface area contributed by atoms with Gasteiger partial charge in [-0.2, -0.15) is 5.10 Å². The molecule has 3 fully saturated rings. The van der Waals surface area contributed by atoms with E-state index in [0.29, 0.717) is 56.8 Å². The van der Waals surface area contributed by atoms with Crippen molar-refractivity contribution in [1.82, 2.24) is 14.5 Å². The molecule has 10 atom stereocenters. The van der Waals surface area contributed by atoms with E-state index in [1.54, 1.807) is 69.3 Å². The third kappa shape index (κ3) is 11.1. The van der Waals surface area contributed by atoms with Crippen LogP contribution in [0.3, 0.4) is 0 Å². The van der Waals surface area contributed by atoms with Gasteiger partial charge in [0.05, 0.1) is 65.4 Å². The summed E-state index contributed by atoms with van der Waals surface area (Å²) in [6, 6.07) is 1.03. The number of piperazine rings is 1. The monoisotopic (exact) mass is 1150 g/mol. The zero-order valence-corrected chi connectivity index (χ0v) is 48.4. The second-order valence-corrected chi connectivity index (χ2v) is 23.2. The van der Waals surface area contributed by atoms with Crippen molar-refractivity contribution in [3.8, 4) is 23.0 Å². The van der Waals surface area contributed by atoms with Crippen LogP contribution in [0.1, 0.15) is 111 Å². The summed E-state index contributed by atoms with van der Waals surface area (Å²) >= 11 is 0. The minimum atomic E-state index is -1.63. The van der Waals surface area contributed by atoms with Gasteiger partial charge in [0.15, 0.2) is 22.9 Å². The number of hydrogen-bond donors (Lipinski definition) is 7. The molecule has 5 heterocycles. The average Bonchev–Trinajstić information content (AvgIpc) is 2.06. The number of aliphatic hydroxyl groups excluding tert-OH is 2. The number of aromatic hydroxyl groups is 3. The van der Waals surface area contributed by atoms with Gasteiger partial charge in [0.2, 0.25) is 11.2 Å². The molecule has 1 saturated carbocycles. The molecule has 3 aromatic carbocycles. The summed E-state index contributed by atoms with van der Waals surface area (Å²) in [4.78, 5) is 71.0. The number of carbonyl (C=O) groups is 4. The predicted molar refractivity (Wildman–Crippen MR) is 308 cm³/mol. The van der Waals surface area contributed by atoms with Gasteiger partial charge in [-0.15, -0.1) is 0 Å². The number of nitrogens with one attached hydrogen (secondary N) is 1. The van der Waals surface area contributed by atoms with Crippen LogP contribution in [0.2, 0.25) is 0 Å². The van der Waals surface area contributed by atoms with Gasteiger partial charge in [-0.25, -0.2) is 9.18 Å². The fraction of sp³-hybridized carbons (Fsp3) is 0.508. The van der Waals surface area contributed by atoms with Crippen molar-refractivity contribution in [3.63, 3.8) is 0 Å². The van der Waals surface area contributed by atoms with E-state index in [2.05, 4.69) is 10.2 Å². The Labute approximate surface area is 479 Å². The Bertz CT molecular complexity index is 3460. The summed E-state index contributed by atoms with van der Waals surface area (Å²) in [6.07, 6.45) is 8.37. The van der Waals surface area contributed by atoms with Gasteiger partial charge in [-0.05, 0) is 63.3 Å². The highest BCUT2D eigenvalue weighted by atomic mass is 19.1. The number of halogens is 1. The Morgan fingerprint density at radius 3 is 2.23 bits per heavy atom. The number of phenols is 3. The number of methoxy groups -OCH3 is 2. The fourth-order valence-electron chi connectivity index (χ4n) is 12.6. The lowest BCUT2D eigenvalue weighted by atomic mass is 9.78. The van der Waals surface area contributed by atoms with Crippen molar-refractivity contribution in [2.75, 3.05) is 63.7 Å². The van der Waals surface area contributed by atoms with Crippen LogP contribution in [-0.4, -0.2) is 165 Å². The molecule has 1 aromatic heterocycles. The van der Waals surface area contributed by atoms with Crippen LogP contribution in [0.4, 0.5) is 15.8 Å². The highest BCUT2D eigenvalue weighted by molar-refractivity contribution is 6.23. The van der Waals surface area contributed by atoms with Crippen molar-refractivity contribution in [3.05, 3.63) is 92.3 Å². The van der Waals surface area contributed by atoms with E-state index in [9.17, 15) is 54.6 Å². The number of pyridine rings is 1. The van der Waals surface area contributed by atoms with Gasteiger partial charge >= 0.3 is 11.9 Å². The summed E-state index contributed by atoms with van der Waals surface area (Å²) in [6.45, 7) is 15.5. The molecule has 22 heteroatoms. The van der Waals surface area contributed by atoms with E-state index in [1.165, 1.54) is 52.8 Å². The van der Waals surface area contributed by atoms with Crippen LogP contribution in [0.25, 0.3) is 21.7 Å². The van der Waals surface area contributed by atoms with Gasteiger partial charge in [0, 0.05) is 118 Å². The number of aromatic carboxylic acids is 1. The highest BCUT2D eigenvalue weighted by Crippen LogP contribution is 2.53. The van der Waals surface area contributed by atoms with E-state index in [4.69, 9.17) is 24.0 Å². The van der Waals surface area contributed by atoms with Gasteiger partial charge < -0.3 is 64.4 Å². The fourth-order valence-corrected chi connectivity index (χ4v) is 12.6. The number of aliphatic hydroxyl groups is 2. The van der Waals surface area contributed by atoms with Crippen LogP contribution in [-0.2, 0) is 30.2 Å². The third-order valence-electron chi connectivity index (χ3n) is 17.8. The summed E-state index contributed by atoms with van der Waals surface area (Å²) in [5.74, 6) is -8.07. The Hall–Kier alpha value is -7.53. The Kier molecular flexibility index (Phi) is 17.1. The summed E-state index contributed by atoms with van der Waals surface area (Å²) in [7, 11) is 2.86. The van der Waals surface area contributed by atoms with Crippen molar-refractivity contribution in [2.45, 2.75) is 123 Å². The number of ether oxygens (including phenoxy) is 4. The van der Waals surface area contributed by atoms with Crippen LogP contribution >= 0.6 is 0 Å². The van der Waals surface area contributed by atoms with E-state index in [-0.39, 0.29) is 74.1 Å². The first-order valence-electron chi connectivity index (χ1n) is 28.2. The number of rotatable bonds is 9. The normalized spacial score (nSPS) is 27.7. The largest absolute Gasteiger partial charge is 0.507 e. The number of carboxylic acid groups (broad SMARTS) is 1. The topological polar surface area (TPSA) is 283 Å². The van der Waals surface area contributed by atoms with E-state index < -0.39 is 111 Å². The molecule has 446 valence electrons. The quantitative estimate of drug-likeness (QED) is 0.0398. The number of benzene rings is 3. The van der Waals surface area contributed by atoms with Gasteiger partial charge in [-0.3, -0.25) is 29.1 Å². The number of amides is 1. The Balaban J connectivity index is 1.03. The predicted octanol–water partition coefficient (Wildman–Crippen LogP) is 6.69. The summed E-state index contributed by atoms with van der Waals surface area (Å²) in [5, 5.41) is 78.4. The number of Topliss-reactive ketones (excluding diaryl/α,β-unsaturated/α-hetero) is 1. The number of carbonyl (C=O) groups excluding carboxylic acids is 3. The lowest BCUT2D eigenvalue weighted by Crippen LogP contribution is -2.49. The standard InChI is InChI=1S/C61H75FN6O15/c1-29-12-11-13-30(2)59(77)64-47-40(26-63-67-21-19-65(20-22-67)37-16-18-66(27-37)49-42(62)24-38-48(57(49)81-10)68(36-14-15-36)28-41(53(38)73)60(78)79)54(74)45-44-39(31(3)52(72)46(45)55(47)75)25-61(8,58(44)76)82-23-17-43(80-9)32(4)56(83-35(7)69)34(6)51(71)33(5)50(29)70/h11-13,17,23-24,26,28-29,32-34,36-37,43,50-51,56,70-72,74-75H,14-16,18-22,25,27H2,1-10H3,(H,64,77)(H,78,79)/t29-,32+,33+,34+,37?,43-,50-,51+,56+,61-/m0/s1. The van der Waals surface area contributed by atoms with Gasteiger partial charge in [0.1, 0.15) is 28.9 Å². The number of nitrogens with zero attached hydrogens (tertiary/aromatic N) is 5. The molecule has 1 unspecified atom stereocenters. The first-order valence-corrected chi connectivity index (χ1v) is 28.2. The van der Waals surface area contributed by atoms with E-state index in [1.807, 2.05) is 4.90 Å². The summed E-state index contributed by atoms with van der Waals surface area (Å²) < 4.78 is 41.8. The molecule has 7 N–H and O–H groups in total. The average molecular weight is 1150 g/mol. The molecule has 10 rings (SSSR count). The molecular weight excluding hydrogens is 1080 g/mol. The van der Waals surface area contributed by atoms with E-state index >= 15 is 4.39 Å². The number of aromatic nitrogens is 1. The summed E-state index contributed by atoms with van der Waals surface area (Å²) in [5.41, 5.74) is -2.09. The Morgan fingerprint density at radius 2 is 1.59 bits per heavy atom. The molecule has 5 bridgehead atoms.